The lowest BCUT2D eigenvalue weighted by Gasteiger charge is -2.28. The Morgan fingerprint density at radius 1 is 1.11 bits per heavy atom. The van der Waals surface area contributed by atoms with E-state index < -0.39 is 10.0 Å². The molecule has 1 N–H and O–H groups in total. The van der Waals surface area contributed by atoms with E-state index in [4.69, 9.17) is 0 Å². The predicted octanol–water partition coefficient (Wildman–Crippen LogP) is 2.96. The highest BCUT2D eigenvalue weighted by molar-refractivity contribution is 8.77. The van der Waals surface area contributed by atoms with Gasteiger partial charge in [-0.15, -0.1) is 0 Å². The number of aryl methyl sites for hydroxylation is 1. The van der Waals surface area contributed by atoms with Crippen molar-refractivity contribution in [3.8, 4) is 0 Å². The van der Waals surface area contributed by atoms with Gasteiger partial charge in [0.1, 0.15) is 0 Å². The lowest BCUT2D eigenvalue weighted by Crippen LogP contribution is -2.47. The molecule has 2 fully saturated rings. The minimum atomic E-state index is -3.38. The third kappa shape index (κ3) is 2.82. The molecule has 1 saturated carbocycles. The SMILES string of the molecule is Cc1ccc(S(=O)(=O)NC2[C@@H]3CCC[C@H]2SS3)cc1. The van der Waals surface area contributed by atoms with Crippen LogP contribution in [-0.2, 0) is 10.0 Å². The summed E-state index contributed by atoms with van der Waals surface area (Å²) in [4.78, 5) is 0.373. The molecule has 0 amide bonds. The summed E-state index contributed by atoms with van der Waals surface area (Å²) in [5.41, 5.74) is 1.07. The number of benzene rings is 1. The fraction of sp³-hybridized carbons (Fsp3) is 0.538. The van der Waals surface area contributed by atoms with E-state index in [1.54, 1.807) is 12.1 Å². The quantitative estimate of drug-likeness (QED) is 0.871. The molecule has 1 aromatic carbocycles. The summed E-state index contributed by atoms with van der Waals surface area (Å²) in [7, 11) is 0.319. The zero-order chi connectivity index (χ0) is 13.5. The van der Waals surface area contributed by atoms with Crippen molar-refractivity contribution in [2.45, 2.75) is 47.6 Å². The zero-order valence-electron chi connectivity index (χ0n) is 10.7. The molecule has 2 bridgehead atoms. The van der Waals surface area contributed by atoms with Crippen molar-refractivity contribution < 1.29 is 8.42 Å². The Kier molecular flexibility index (Phi) is 3.86. The summed E-state index contributed by atoms with van der Waals surface area (Å²) in [5.74, 6) is 0. The third-order valence-corrected chi connectivity index (χ3v) is 8.66. The van der Waals surface area contributed by atoms with Crippen LogP contribution in [0.2, 0.25) is 0 Å². The Morgan fingerprint density at radius 2 is 1.68 bits per heavy atom. The Morgan fingerprint density at radius 3 is 2.26 bits per heavy atom. The largest absolute Gasteiger partial charge is 0.240 e. The van der Waals surface area contributed by atoms with E-state index in [0.717, 1.165) is 18.4 Å². The molecular weight excluding hydrogens is 298 g/mol. The molecule has 1 aliphatic heterocycles. The first-order valence-electron chi connectivity index (χ1n) is 6.47. The Hall–Kier alpha value is -0.170. The van der Waals surface area contributed by atoms with Gasteiger partial charge in [0.2, 0.25) is 10.0 Å². The fourth-order valence-electron chi connectivity index (χ4n) is 2.59. The van der Waals surface area contributed by atoms with E-state index >= 15 is 0 Å². The normalized spacial score (nSPS) is 30.5. The topological polar surface area (TPSA) is 46.2 Å². The molecule has 3 rings (SSSR count). The number of rotatable bonds is 3. The van der Waals surface area contributed by atoms with Crippen LogP contribution >= 0.6 is 21.6 Å². The van der Waals surface area contributed by atoms with Crippen LogP contribution in [0.3, 0.4) is 0 Å². The second-order valence-corrected chi connectivity index (χ2v) is 9.62. The summed E-state index contributed by atoms with van der Waals surface area (Å²) in [6.07, 6.45) is 3.46. The van der Waals surface area contributed by atoms with Crippen molar-refractivity contribution in [3.05, 3.63) is 29.8 Å². The number of fused-ring (bicyclic) bond motifs is 2. The summed E-state index contributed by atoms with van der Waals surface area (Å²) in [5, 5.41) is 0.868. The van der Waals surface area contributed by atoms with Crippen LogP contribution in [0.5, 0.6) is 0 Å². The molecule has 3 nitrogen and oxygen atoms in total. The molecule has 1 unspecified atom stereocenters. The smallest absolute Gasteiger partial charge is 0.207 e. The highest BCUT2D eigenvalue weighted by atomic mass is 33.1. The highest BCUT2D eigenvalue weighted by Gasteiger charge is 2.42. The van der Waals surface area contributed by atoms with Crippen molar-refractivity contribution in [3.63, 3.8) is 0 Å². The summed E-state index contributed by atoms with van der Waals surface area (Å²) in [6.45, 7) is 1.96. The molecule has 1 aromatic rings. The average Bonchev–Trinajstić information content (AvgIpc) is 2.62. The standard InChI is InChI=1S/C13H17NO2S3/c1-9-5-7-10(8-6-9)19(15,16)14-13-11-3-2-4-12(13)18-17-11/h5-8,11-14H,2-4H2,1H3/t11-,12+,13?. The molecule has 1 aliphatic carbocycles. The average molecular weight is 315 g/mol. The molecule has 19 heavy (non-hydrogen) atoms. The lowest BCUT2D eigenvalue weighted by atomic mass is 9.95. The van der Waals surface area contributed by atoms with Crippen molar-refractivity contribution >= 4 is 31.6 Å². The van der Waals surface area contributed by atoms with Gasteiger partial charge in [-0.05, 0) is 31.9 Å². The monoisotopic (exact) mass is 315 g/mol. The Labute approximate surface area is 122 Å². The zero-order valence-corrected chi connectivity index (χ0v) is 13.2. The highest BCUT2D eigenvalue weighted by Crippen LogP contribution is 2.51. The molecule has 1 saturated heterocycles. The molecule has 0 spiro atoms. The van der Waals surface area contributed by atoms with E-state index in [0.29, 0.717) is 15.4 Å². The van der Waals surface area contributed by atoms with Gasteiger partial charge >= 0.3 is 0 Å². The maximum atomic E-state index is 12.4. The molecule has 3 atom stereocenters. The first-order chi connectivity index (χ1) is 9.06. The van der Waals surface area contributed by atoms with Crippen LogP contribution < -0.4 is 4.72 Å². The van der Waals surface area contributed by atoms with Gasteiger partial charge in [-0.25, -0.2) is 13.1 Å². The molecular formula is C13H17NO2S3. The first kappa shape index (κ1) is 13.8. The predicted molar refractivity (Wildman–Crippen MR) is 81.9 cm³/mol. The first-order valence-corrected chi connectivity index (χ1v) is 10.2. The van der Waals surface area contributed by atoms with Crippen LogP contribution in [0.4, 0.5) is 0 Å². The molecule has 2 aliphatic rings. The minimum absolute atomic E-state index is 0.0926. The van der Waals surface area contributed by atoms with Crippen molar-refractivity contribution in [1.82, 2.24) is 4.72 Å². The van der Waals surface area contributed by atoms with Crippen LogP contribution in [0.25, 0.3) is 0 Å². The van der Waals surface area contributed by atoms with Gasteiger partial charge in [0.25, 0.3) is 0 Å². The van der Waals surface area contributed by atoms with E-state index in [-0.39, 0.29) is 6.04 Å². The van der Waals surface area contributed by atoms with Gasteiger partial charge < -0.3 is 0 Å². The number of nitrogens with one attached hydrogen (secondary N) is 1. The van der Waals surface area contributed by atoms with Gasteiger partial charge in [0.05, 0.1) is 4.90 Å². The maximum Gasteiger partial charge on any atom is 0.240 e. The summed E-state index contributed by atoms with van der Waals surface area (Å²) in [6, 6.07) is 7.14. The van der Waals surface area contributed by atoms with Crippen LogP contribution in [-0.4, -0.2) is 25.0 Å². The molecule has 0 aromatic heterocycles. The molecule has 6 heteroatoms. The minimum Gasteiger partial charge on any atom is -0.207 e. The summed E-state index contributed by atoms with van der Waals surface area (Å²) >= 11 is 0. The van der Waals surface area contributed by atoms with E-state index in [1.165, 1.54) is 6.42 Å². The van der Waals surface area contributed by atoms with Crippen molar-refractivity contribution in [2.24, 2.45) is 0 Å². The Balaban J connectivity index is 1.80. The second-order valence-electron chi connectivity index (χ2n) is 5.16. The molecule has 0 radical (unpaired) electrons. The second kappa shape index (κ2) is 5.31. The van der Waals surface area contributed by atoms with E-state index in [1.807, 2.05) is 40.6 Å². The molecule has 104 valence electrons. The van der Waals surface area contributed by atoms with E-state index in [9.17, 15) is 8.42 Å². The lowest BCUT2D eigenvalue weighted by molar-refractivity contribution is 0.441. The van der Waals surface area contributed by atoms with Gasteiger partial charge in [0.15, 0.2) is 0 Å². The van der Waals surface area contributed by atoms with Gasteiger partial charge in [-0.1, -0.05) is 45.7 Å². The van der Waals surface area contributed by atoms with E-state index in [2.05, 4.69) is 4.72 Å². The van der Waals surface area contributed by atoms with Crippen LogP contribution in [0.1, 0.15) is 24.8 Å². The van der Waals surface area contributed by atoms with Crippen LogP contribution in [0.15, 0.2) is 29.2 Å². The number of hydrogen-bond donors (Lipinski definition) is 1. The third-order valence-electron chi connectivity index (χ3n) is 3.70. The molecule has 1 heterocycles. The number of hydrogen-bond acceptors (Lipinski definition) is 4. The van der Waals surface area contributed by atoms with Crippen LogP contribution in [0, 0.1) is 6.92 Å². The van der Waals surface area contributed by atoms with Gasteiger partial charge in [-0.3, -0.25) is 0 Å². The van der Waals surface area contributed by atoms with Gasteiger partial charge in [-0.2, -0.15) is 0 Å². The fourth-order valence-corrected chi connectivity index (χ4v) is 7.90. The van der Waals surface area contributed by atoms with Gasteiger partial charge in [0, 0.05) is 16.5 Å². The van der Waals surface area contributed by atoms with Crippen molar-refractivity contribution in [2.75, 3.05) is 0 Å². The van der Waals surface area contributed by atoms with Crippen molar-refractivity contribution in [1.29, 1.82) is 0 Å². The Bertz CT molecular complexity index is 540. The maximum absolute atomic E-state index is 12.4. The summed E-state index contributed by atoms with van der Waals surface area (Å²) < 4.78 is 27.7. The number of sulfonamides is 1.